The van der Waals surface area contributed by atoms with Gasteiger partial charge in [-0.15, -0.1) is 0 Å². The summed E-state index contributed by atoms with van der Waals surface area (Å²) in [6, 6.07) is 77.4. The van der Waals surface area contributed by atoms with Gasteiger partial charge in [-0.25, -0.2) is 0 Å². The highest BCUT2D eigenvalue weighted by atomic mass is 15.1. The van der Waals surface area contributed by atoms with E-state index >= 15 is 0 Å². The molecule has 0 atom stereocenters. The Kier molecular flexibility index (Phi) is 7.55. The smallest absolute Gasteiger partial charge is 0.0540 e. The first-order chi connectivity index (χ1) is 26.3. The summed E-state index contributed by atoms with van der Waals surface area (Å²) in [7, 11) is 0. The van der Waals surface area contributed by atoms with Crippen LogP contribution >= 0.6 is 0 Å². The van der Waals surface area contributed by atoms with Crippen LogP contribution in [0.25, 0.3) is 76.5 Å². The van der Waals surface area contributed by atoms with Crippen LogP contribution in [-0.2, 0) is 0 Å². The number of hydrogen-bond donors (Lipinski definition) is 0. The average Bonchev–Trinajstić information content (AvgIpc) is 3.24. The fourth-order valence-corrected chi connectivity index (χ4v) is 7.97. The first-order valence-electron chi connectivity index (χ1n) is 18.3. The zero-order valence-electron chi connectivity index (χ0n) is 29.2. The lowest BCUT2D eigenvalue weighted by atomic mass is 9.92. The predicted octanol–water partition coefficient (Wildman–Crippen LogP) is 14.8. The van der Waals surface area contributed by atoms with Gasteiger partial charge in [-0.3, -0.25) is 0 Å². The number of hydrogen-bond acceptors (Lipinski definition) is 1. The van der Waals surface area contributed by atoms with Crippen molar-refractivity contribution >= 4 is 60.2 Å². The Labute approximate surface area is 309 Å². The average molecular weight is 674 g/mol. The second kappa shape index (κ2) is 13.0. The zero-order valence-corrected chi connectivity index (χ0v) is 29.2. The third-order valence-corrected chi connectivity index (χ3v) is 10.6. The van der Waals surface area contributed by atoms with Gasteiger partial charge in [-0.1, -0.05) is 164 Å². The molecule has 0 aromatic heterocycles. The molecule has 0 radical (unpaired) electrons. The third-order valence-electron chi connectivity index (χ3n) is 10.6. The van der Waals surface area contributed by atoms with Crippen molar-refractivity contribution in [3.63, 3.8) is 0 Å². The normalized spacial score (nSPS) is 11.4. The van der Waals surface area contributed by atoms with Crippen molar-refractivity contribution in [2.24, 2.45) is 0 Å². The summed E-state index contributed by atoms with van der Waals surface area (Å²) in [4.78, 5) is 2.42. The summed E-state index contributed by atoms with van der Waals surface area (Å²) in [5.74, 6) is 0. The zero-order chi connectivity index (χ0) is 35.1. The van der Waals surface area contributed by atoms with E-state index < -0.39 is 0 Å². The second-order valence-corrected chi connectivity index (χ2v) is 13.8. The van der Waals surface area contributed by atoms with E-state index in [0.717, 1.165) is 17.1 Å². The van der Waals surface area contributed by atoms with Gasteiger partial charge in [0, 0.05) is 16.9 Å². The summed E-state index contributed by atoms with van der Waals surface area (Å²) in [5.41, 5.74) is 10.5. The van der Waals surface area contributed by atoms with Crippen LogP contribution in [0.1, 0.15) is 0 Å². The van der Waals surface area contributed by atoms with Crippen LogP contribution in [0.2, 0.25) is 0 Å². The van der Waals surface area contributed by atoms with Crippen molar-refractivity contribution in [1.29, 1.82) is 0 Å². The fraction of sp³-hybridized carbons (Fsp3) is 0. The van der Waals surface area contributed by atoms with Crippen molar-refractivity contribution < 1.29 is 0 Å². The van der Waals surface area contributed by atoms with E-state index in [1.165, 1.54) is 76.5 Å². The number of rotatable bonds is 6. The fourth-order valence-electron chi connectivity index (χ4n) is 7.97. The lowest BCUT2D eigenvalue weighted by Gasteiger charge is -2.29. The maximum Gasteiger partial charge on any atom is 0.0540 e. The Balaban J connectivity index is 1.16. The minimum atomic E-state index is 1.10. The van der Waals surface area contributed by atoms with Crippen molar-refractivity contribution in [3.05, 3.63) is 212 Å². The van der Waals surface area contributed by atoms with Gasteiger partial charge in [0.2, 0.25) is 0 Å². The topological polar surface area (TPSA) is 3.24 Å². The molecule has 0 aliphatic heterocycles. The quantitative estimate of drug-likeness (QED) is 0.159. The van der Waals surface area contributed by atoms with Crippen LogP contribution in [0.5, 0.6) is 0 Å². The maximum atomic E-state index is 2.42. The Morgan fingerprint density at radius 1 is 0.245 bits per heavy atom. The van der Waals surface area contributed by atoms with Gasteiger partial charge in [0.05, 0.1) is 5.69 Å². The minimum Gasteiger partial charge on any atom is -0.310 e. The highest BCUT2D eigenvalue weighted by molar-refractivity contribution is 6.15. The van der Waals surface area contributed by atoms with E-state index in [4.69, 9.17) is 0 Å². The van der Waals surface area contributed by atoms with Gasteiger partial charge in [-0.05, 0) is 119 Å². The second-order valence-electron chi connectivity index (χ2n) is 13.8. The Morgan fingerprint density at radius 2 is 0.774 bits per heavy atom. The number of para-hydroxylation sites is 1. The molecule has 0 aliphatic rings. The molecule has 0 spiro atoms. The van der Waals surface area contributed by atoms with Gasteiger partial charge in [0.15, 0.2) is 0 Å². The lowest BCUT2D eigenvalue weighted by molar-refractivity contribution is 1.28. The molecule has 10 aromatic carbocycles. The highest BCUT2D eigenvalue weighted by Crippen LogP contribution is 2.45. The van der Waals surface area contributed by atoms with E-state index in [1.807, 2.05) is 0 Å². The largest absolute Gasteiger partial charge is 0.310 e. The summed E-state index contributed by atoms with van der Waals surface area (Å²) < 4.78 is 0. The summed E-state index contributed by atoms with van der Waals surface area (Å²) in [6.07, 6.45) is 0. The van der Waals surface area contributed by atoms with Crippen molar-refractivity contribution in [2.75, 3.05) is 4.90 Å². The van der Waals surface area contributed by atoms with Crippen molar-refractivity contribution in [2.45, 2.75) is 0 Å². The molecule has 53 heavy (non-hydrogen) atoms. The molecule has 0 saturated heterocycles. The summed E-state index contributed by atoms with van der Waals surface area (Å²) in [5, 5.41) is 10.0. The van der Waals surface area contributed by atoms with Crippen LogP contribution in [0, 0.1) is 0 Å². The monoisotopic (exact) mass is 673 g/mol. The van der Waals surface area contributed by atoms with Crippen molar-refractivity contribution in [1.82, 2.24) is 0 Å². The molecule has 0 aliphatic carbocycles. The molecule has 248 valence electrons. The lowest BCUT2D eigenvalue weighted by Crippen LogP contribution is -2.11. The molecule has 0 fully saturated rings. The molecular formula is C52H35N. The Hall–Kier alpha value is -6.96. The van der Waals surface area contributed by atoms with Gasteiger partial charge in [-0.2, -0.15) is 0 Å². The molecular weight excluding hydrogens is 639 g/mol. The van der Waals surface area contributed by atoms with Gasteiger partial charge >= 0.3 is 0 Å². The molecule has 0 amide bonds. The molecule has 10 rings (SSSR count). The first kappa shape index (κ1) is 30.8. The molecule has 0 unspecified atom stereocenters. The first-order valence-corrected chi connectivity index (χ1v) is 18.3. The van der Waals surface area contributed by atoms with Crippen molar-refractivity contribution in [3.8, 4) is 33.4 Å². The standard InChI is InChI=1S/C52H35N/c1-3-14-39-32-42(26-24-36(39)12-1)38-28-30-45(31-29-38)53(46-18-11-17-41(34-46)43-27-25-37-13-2-4-15-40(37)33-43)52-23-10-9-22-50(52)51-35-44-16-5-6-19-47(44)48-20-7-8-21-49(48)51/h1-35H. The van der Waals surface area contributed by atoms with Crippen LogP contribution in [0.3, 0.4) is 0 Å². The Bertz CT molecular complexity index is 2960. The van der Waals surface area contributed by atoms with E-state index in [9.17, 15) is 0 Å². The van der Waals surface area contributed by atoms with Crippen LogP contribution in [-0.4, -0.2) is 0 Å². The van der Waals surface area contributed by atoms with Crippen LogP contribution in [0.15, 0.2) is 212 Å². The molecule has 0 N–H and O–H groups in total. The van der Waals surface area contributed by atoms with E-state index in [2.05, 4.69) is 217 Å². The number of anilines is 3. The molecule has 0 saturated carbocycles. The minimum absolute atomic E-state index is 1.10. The third kappa shape index (κ3) is 5.60. The molecule has 1 heteroatoms. The molecule has 1 nitrogen and oxygen atoms in total. The molecule has 0 heterocycles. The van der Waals surface area contributed by atoms with Crippen LogP contribution in [0.4, 0.5) is 17.1 Å². The number of fused-ring (bicyclic) bond motifs is 5. The SMILES string of the molecule is c1cc(-c2ccc3ccccc3c2)cc(N(c2ccc(-c3ccc4ccccc4c3)cc2)c2ccccc2-c2cc3ccccc3c3ccccc23)c1. The molecule has 0 bridgehead atoms. The summed E-state index contributed by atoms with van der Waals surface area (Å²) in [6.45, 7) is 0. The number of benzene rings is 10. The van der Waals surface area contributed by atoms with Gasteiger partial charge in [0.1, 0.15) is 0 Å². The van der Waals surface area contributed by atoms with Crippen LogP contribution < -0.4 is 4.90 Å². The van der Waals surface area contributed by atoms with Gasteiger partial charge in [0.25, 0.3) is 0 Å². The highest BCUT2D eigenvalue weighted by Gasteiger charge is 2.20. The van der Waals surface area contributed by atoms with E-state index in [1.54, 1.807) is 0 Å². The number of nitrogens with zero attached hydrogens (tertiary/aromatic N) is 1. The van der Waals surface area contributed by atoms with E-state index in [0.29, 0.717) is 0 Å². The molecule has 10 aromatic rings. The summed E-state index contributed by atoms with van der Waals surface area (Å²) >= 11 is 0. The predicted molar refractivity (Wildman–Crippen MR) is 227 cm³/mol. The van der Waals surface area contributed by atoms with E-state index in [-0.39, 0.29) is 0 Å². The maximum absolute atomic E-state index is 2.42. The Morgan fingerprint density at radius 3 is 1.49 bits per heavy atom. The van der Waals surface area contributed by atoms with Gasteiger partial charge < -0.3 is 4.90 Å².